The Kier molecular flexibility index (Phi) is 4.59. The Hall–Kier alpha value is -0.390. The van der Waals surface area contributed by atoms with Crippen LogP contribution in [-0.4, -0.2) is 33.9 Å². The fraction of sp³-hybridized carbons (Fsp3) is 0.833. The van der Waals surface area contributed by atoms with Crippen molar-refractivity contribution in [2.75, 3.05) is 25.5 Å². The van der Waals surface area contributed by atoms with Crippen molar-refractivity contribution in [2.24, 2.45) is 5.92 Å². The van der Waals surface area contributed by atoms with Crippen LogP contribution in [0.15, 0.2) is 11.6 Å². The predicted octanol–water partition coefficient (Wildman–Crippen LogP) is 1.44. The van der Waals surface area contributed by atoms with Gasteiger partial charge in [0.2, 0.25) is 10.0 Å². The van der Waals surface area contributed by atoms with Crippen molar-refractivity contribution in [1.82, 2.24) is 4.72 Å². The van der Waals surface area contributed by atoms with E-state index in [1.807, 2.05) is 0 Å². The average Bonchev–Trinajstić information content (AvgIpc) is 2.80. The monoisotopic (exact) mass is 259 g/mol. The van der Waals surface area contributed by atoms with Gasteiger partial charge in [-0.2, -0.15) is 0 Å². The average molecular weight is 259 g/mol. The predicted molar refractivity (Wildman–Crippen MR) is 67.3 cm³/mol. The van der Waals surface area contributed by atoms with Gasteiger partial charge in [0.15, 0.2) is 0 Å². The summed E-state index contributed by atoms with van der Waals surface area (Å²) < 4.78 is 31.7. The highest BCUT2D eigenvalue weighted by atomic mass is 32.2. The topological polar surface area (TPSA) is 55.4 Å². The second-order valence-corrected chi connectivity index (χ2v) is 6.81. The summed E-state index contributed by atoms with van der Waals surface area (Å²) in [6, 6.07) is 0. The fourth-order valence-electron chi connectivity index (χ4n) is 2.48. The summed E-state index contributed by atoms with van der Waals surface area (Å²) in [5.41, 5.74) is 1.05. The number of rotatable bonds is 5. The third kappa shape index (κ3) is 4.41. The minimum absolute atomic E-state index is 0.293. The fourth-order valence-corrected chi connectivity index (χ4v) is 3.96. The highest BCUT2D eigenvalue weighted by molar-refractivity contribution is 7.89. The lowest BCUT2D eigenvalue weighted by Crippen LogP contribution is -2.32. The van der Waals surface area contributed by atoms with Gasteiger partial charge in [-0.3, -0.25) is 0 Å². The van der Waals surface area contributed by atoms with Crippen LogP contribution in [0.4, 0.5) is 0 Å². The molecule has 1 saturated carbocycles. The Morgan fingerprint density at radius 2 is 2.12 bits per heavy atom. The summed E-state index contributed by atoms with van der Waals surface area (Å²) >= 11 is 0. The van der Waals surface area contributed by atoms with Crippen LogP contribution in [-0.2, 0) is 14.8 Å². The van der Waals surface area contributed by atoms with Crippen LogP contribution < -0.4 is 4.72 Å². The number of hydrogen-bond donors (Lipinski definition) is 1. The van der Waals surface area contributed by atoms with E-state index in [2.05, 4.69) is 10.8 Å². The van der Waals surface area contributed by atoms with Crippen molar-refractivity contribution in [2.45, 2.75) is 32.1 Å². The Morgan fingerprint density at radius 1 is 1.35 bits per heavy atom. The smallest absolute Gasteiger partial charge is 0.212 e. The van der Waals surface area contributed by atoms with Gasteiger partial charge >= 0.3 is 0 Å². The van der Waals surface area contributed by atoms with Gasteiger partial charge in [0.1, 0.15) is 0 Å². The first-order valence-corrected chi connectivity index (χ1v) is 8.04. The second kappa shape index (κ2) is 5.98. The lowest BCUT2D eigenvalue weighted by Gasteiger charge is -2.15. The van der Waals surface area contributed by atoms with E-state index < -0.39 is 10.0 Å². The van der Waals surface area contributed by atoms with Gasteiger partial charge in [0.05, 0.1) is 19.0 Å². The summed E-state index contributed by atoms with van der Waals surface area (Å²) in [4.78, 5) is 0. The van der Waals surface area contributed by atoms with E-state index in [1.54, 1.807) is 0 Å². The first kappa shape index (κ1) is 13.1. The van der Waals surface area contributed by atoms with Crippen molar-refractivity contribution >= 4 is 10.0 Å². The molecule has 0 unspecified atom stereocenters. The summed E-state index contributed by atoms with van der Waals surface area (Å²) in [5, 5.41) is 0. The second-order valence-electron chi connectivity index (χ2n) is 4.96. The van der Waals surface area contributed by atoms with Crippen LogP contribution in [0.2, 0.25) is 0 Å². The summed E-state index contributed by atoms with van der Waals surface area (Å²) in [7, 11) is -3.11. The molecule has 0 aromatic heterocycles. The van der Waals surface area contributed by atoms with E-state index in [-0.39, 0.29) is 0 Å². The van der Waals surface area contributed by atoms with E-state index in [4.69, 9.17) is 4.74 Å². The van der Waals surface area contributed by atoms with E-state index in [1.165, 1.54) is 12.8 Å². The SMILES string of the molecule is O=S(=O)(CC1CCCC1)NCC1=CCCOC1. The maximum absolute atomic E-state index is 11.9. The van der Waals surface area contributed by atoms with Crippen LogP contribution in [0.5, 0.6) is 0 Å². The number of ether oxygens (including phenoxy) is 1. The van der Waals surface area contributed by atoms with Crippen LogP contribution in [0.25, 0.3) is 0 Å². The Morgan fingerprint density at radius 3 is 2.76 bits per heavy atom. The molecule has 98 valence electrons. The normalized spacial score (nSPS) is 22.7. The van der Waals surface area contributed by atoms with Gasteiger partial charge in [0, 0.05) is 6.54 Å². The molecule has 4 nitrogen and oxygen atoms in total. The molecule has 1 N–H and O–H groups in total. The van der Waals surface area contributed by atoms with Gasteiger partial charge in [-0.25, -0.2) is 13.1 Å². The number of sulfonamides is 1. The van der Waals surface area contributed by atoms with Crippen molar-refractivity contribution in [1.29, 1.82) is 0 Å². The molecular formula is C12H21NO3S. The Balaban J connectivity index is 1.78. The summed E-state index contributed by atoms with van der Waals surface area (Å²) in [6.07, 6.45) is 7.44. The zero-order valence-corrected chi connectivity index (χ0v) is 11.0. The van der Waals surface area contributed by atoms with Crippen molar-refractivity contribution < 1.29 is 13.2 Å². The van der Waals surface area contributed by atoms with E-state index in [9.17, 15) is 8.42 Å². The molecule has 0 amide bonds. The number of hydrogen-bond acceptors (Lipinski definition) is 3. The molecule has 0 bridgehead atoms. The highest BCUT2D eigenvalue weighted by Gasteiger charge is 2.22. The molecule has 0 atom stereocenters. The van der Waals surface area contributed by atoms with E-state index in [0.717, 1.165) is 31.4 Å². The van der Waals surface area contributed by atoms with Crippen LogP contribution >= 0.6 is 0 Å². The Labute approximate surface area is 103 Å². The van der Waals surface area contributed by atoms with Crippen LogP contribution in [0, 0.1) is 5.92 Å². The quantitative estimate of drug-likeness (QED) is 0.760. The van der Waals surface area contributed by atoms with Gasteiger partial charge in [-0.1, -0.05) is 18.9 Å². The maximum Gasteiger partial charge on any atom is 0.212 e. The highest BCUT2D eigenvalue weighted by Crippen LogP contribution is 2.25. The van der Waals surface area contributed by atoms with Gasteiger partial charge < -0.3 is 4.74 Å². The molecule has 17 heavy (non-hydrogen) atoms. The lowest BCUT2D eigenvalue weighted by atomic mass is 10.1. The Bertz CT molecular complexity index is 369. The molecular weight excluding hydrogens is 238 g/mol. The molecule has 0 aromatic rings. The summed E-state index contributed by atoms with van der Waals surface area (Å²) in [5.74, 6) is 0.658. The van der Waals surface area contributed by atoms with Crippen molar-refractivity contribution in [3.8, 4) is 0 Å². The van der Waals surface area contributed by atoms with E-state index >= 15 is 0 Å². The minimum Gasteiger partial charge on any atom is -0.377 e. The third-order valence-electron chi connectivity index (χ3n) is 3.43. The molecule has 0 saturated heterocycles. The first-order valence-electron chi connectivity index (χ1n) is 6.39. The minimum atomic E-state index is -3.11. The maximum atomic E-state index is 11.9. The molecule has 1 heterocycles. The first-order chi connectivity index (χ1) is 8.16. The van der Waals surface area contributed by atoms with Crippen LogP contribution in [0.1, 0.15) is 32.1 Å². The van der Waals surface area contributed by atoms with Gasteiger partial charge in [-0.05, 0) is 30.8 Å². The number of nitrogens with one attached hydrogen (secondary N) is 1. The molecule has 1 aliphatic carbocycles. The van der Waals surface area contributed by atoms with E-state index in [0.29, 0.717) is 24.8 Å². The molecule has 0 aromatic carbocycles. The standard InChI is InChI=1S/C12H21NO3S/c14-17(15,10-11-4-1-2-5-11)13-8-12-6-3-7-16-9-12/h6,11,13H,1-5,7-10H2. The molecule has 1 aliphatic heterocycles. The molecule has 0 radical (unpaired) electrons. The third-order valence-corrected chi connectivity index (χ3v) is 4.93. The molecule has 5 heteroatoms. The van der Waals surface area contributed by atoms with Crippen molar-refractivity contribution in [3.05, 3.63) is 11.6 Å². The summed E-state index contributed by atoms with van der Waals surface area (Å²) in [6.45, 7) is 1.72. The lowest BCUT2D eigenvalue weighted by molar-refractivity contribution is 0.149. The van der Waals surface area contributed by atoms with Crippen LogP contribution in [0.3, 0.4) is 0 Å². The molecule has 2 aliphatic rings. The van der Waals surface area contributed by atoms with Gasteiger partial charge in [0.25, 0.3) is 0 Å². The molecule has 0 spiro atoms. The molecule has 2 rings (SSSR count). The van der Waals surface area contributed by atoms with Gasteiger partial charge in [-0.15, -0.1) is 0 Å². The zero-order valence-electron chi connectivity index (χ0n) is 10.2. The molecule has 1 fully saturated rings. The van der Waals surface area contributed by atoms with Crippen molar-refractivity contribution in [3.63, 3.8) is 0 Å². The largest absolute Gasteiger partial charge is 0.377 e. The zero-order chi connectivity index (χ0) is 12.1.